The van der Waals surface area contributed by atoms with Gasteiger partial charge in [0.05, 0.1) is 35.8 Å². The molecule has 7 nitrogen and oxygen atoms in total. The number of amides is 2. The van der Waals surface area contributed by atoms with Gasteiger partial charge in [-0.15, -0.1) is 11.8 Å². The molecule has 4 heterocycles. The Bertz CT molecular complexity index is 1160. The minimum Gasteiger partial charge on any atom is -0.465 e. The molecule has 0 bridgehead atoms. The minimum atomic E-state index is -0.979. The van der Waals surface area contributed by atoms with Crippen LogP contribution in [-0.2, 0) is 19.1 Å². The van der Waals surface area contributed by atoms with Crippen LogP contribution >= 0.6 is 11.8 Å². The fraction of sp³-hybridized carbons (Fsp3) is 0.567. The molecule has 1 aromatic carbocycles. The summed E-state index contributed by atoms with van der Waals surface area (Å²) in [5.74, 6) is -2.38. The molecule has 8 heteroatoms. The second kappa shape index (κ2) is 9.87. The van der Waals surface area contributed by atoms with Crippen LogP contribution < -0.4 is 0 Å². The number of rotatable bonds is 3. The minimum absolute atomic E-state index is 0.162. The molecule has 2 saturated heterocycles. The van der Waals surface area contributed by atoms with Gasteiger partial charge < -0.3 is 19.6 Å². The second-order valence-corrected chi connectivity index (χ2v) is 13.7. The first-order chi connectivity index (χ1) is 18.0. The number of carbonyl (C=O) groups is 3. The Kier molecular flexibility index (Phi) is 7.01. The van der Waals surface area contributed by atoms with Crippen molar-refractivity contribution < 1.29 is 24.2 Å². The van der Waals surface area contributed by atoms with Gasteiger partial charge in [-0.25, -0.2) is 0 Å². The topological polar surface area (TPSA) is 87.2 Å². The summed E-state index contributed by atoms with van der Waals surface area (Å²) in [6.07, 6.45) is 10.7. The molecule has 1 aromatic rings. The van der Waals surface area contributed by atoms with Gasteiger partial charge in [-0.05, 0) is 52.5 Å². The SMILES string of the molecule is CC(C)(C)N1CC=C[C@]23S[C@]4(C)/C=C\CCCCOC(=O)[C@@H]4[C@H]2C(=O)N([C@H](CO)c2ccccc2)C3C1=O. The van der Waals surface area contributed by atoms with E-state index in [1.54, 1.807) is 9.80 Å². The number of aliphatic hydroxyl groups is 1. The van der Waals surface area contributed by atoms with Gasteiger partial charge in [-0.1, -0.05) is 54.6 Å². The quantitative estimate of drug-likeness (QED) is 0.464. The number of aliphatic hydroxyl groups excluding tert-OH is 1. The molecule has 1 N–H and O–H groups in total. The lowest BCUT2D eigenvalue weighted by Gasteiger charge is -2.42. The number of carbonyl (C=O) groups excluding carboxylic acids is 3. The molecule has 1 unspecified atom stereocenters. The van der Waals surface area contributed by atoms with Crippen molar-refractivity contribution in [3.8, 4) is 0 Å². The highest BCUT2D eigenvalue weighted by molar-refractivity contribution is 8.02. The van der Waals surface area contributed by atoms with Gasteiger partial charge >= 0.3 is 5.97 Å². The van der Waals surface area contributed by atoms with Crippen molar-refractivity contribution in [2.45, 2.75) is 74.1 Å². The first-order valence-corrected chi connectivity index (χ1v) is 14.4. The maximum absolute atomic E-state index is 14.6. The van der Waals surface area contributed by atoms with Crippen LogP contribution in [0, 0.1) is 11.8 Å². The summed E-state index contributed by atoms with van der Waals surface area (Å²) in [7, 11) is 0. The van der Waals surface area contributed by atoms with Crippen molar-refractivity contribution in [2.75, 3.05) is 19.8 Å². The predicted octanol–water partition coefficient (Wildman–Crippen LogP) is 3.89. The zero-order valence-electron chi connectivity index (χ0n) is 22.6. The number of nitrogens with zero attached hydrogens (tertiary/aromatic N) is 2. The lowest BCUT2D eigenvalue weighted by Crippen LogP contribution is -2.58. The van der Waals surface area contributed by atoms with E-state index in [1.165, 1.54) is 11.8 Å². The fourth-order valence-electron chi connectivity index (χ4n) is 6.71. The molecule has 0 aliphatic carbocycles. The number of fused-ring (bicyclic) bond motifs is 2. The highest BCUT2D eigenvalue weighted by Crippen LogP contribution is 2.66. The molecule has 4 aliphatic rings. The van der Waals surface area contributed by atoms with Crippen LogP contribution in [0.5, 0.6) is 0 Å². The number of allylic oxidation sites excluding steroid dienone is 1. The maximum atomic E-state index is 14.6. The predicted molar refractivity (Wildman–Crippen MR) is 147 cm³/mol. The van der Waals surface area contributed by atoms with E-state index in [9.17, 15) is 19.5 Å². The number of esters is 1. The van der Waals surface area contributed by atoms with E-state index in [1.807, 2.05) is 70.2 Å². The zero-order valence-corrected chi connectivity index (χ0v) is 23.4. The van der Waals surface area contributed by atoms with Gasteiger partial charge in [-0.2, -0.15) is 0 Å². The van der Waals surface area contributed by atoms with E-state index < -0.39 is 39.0 Å². The lowest BCUT2D eigenvalue weighted by molar-refractivity contribution is -0.155. The summed E-state index contributed by atoms with van der Waals surface area (Å²) in [6, 6.07) is 7.74. The van der Waals surface area contributed by atoms with Crippen molar-refractivity contribution in [2.24, 2.45) is 11.8 Å². The average molecular weight is 539 g/mol. The summed E-state index contributed by atoms with van der Waals surface area (Å²) in [6.45, 7) is 8.35. The molecular weight excluding hydrogens is 500 g/mol. The third-order valence-corrected chi connectivity index (χ3v) is 10.2. The van der Waals surface area contributed by atoms with Crippen LogP contribution in [0.4, 0.5) is 0 Å². The van der Waals surface area contributed by atoms with Crippen LogP contribution in [0.3, 0.4) is 0 Å². The Hall–Kier alpha value is -2.58. The number of cyclic esters (lactones) is 1. The van der Waals surface area contributed by atoms with E-state index in [-0.39, 0.29) is 24.4 Å². The Morgan fingerprint density at radius 2 is 1.79 bits per heavy atom. The molecular formula is C30H38N2O5S. The Morgan fingerprint density at radius 3 is 2.47 bits per heavy atom. The molecule has 0 aromatic heterocycles. The lowest BCUT2D eigenvalue weighted by atomic mass is 9.74. The number of benzene rings is 1. The summed E-state index contributed by atoms with van der Waals surface area (Å²) in [5, 5.41) is 10.6. The van der Waals surface area contributed by atoms with Crippen LogP contribution in [0.15, 0.2) is 54.6 Å². The van der Waals surface area contributed by atoms with E-state index in [4.69, 9.17) is 4.74 Å². The molecule has 204 valence electrons. The van der Waals surface area contributed by atoms with Crippen molar-refractivity contribution in [1.82, 2.24) is 9.80 Å². The fourth-order valence-corrected chi connectivity index (χ4v) is 8.85. The largest absolute Gasteiger partial charge is 0.465 e. The molecule has 5 rings (SSSR count). The van der Waals surface area contributed by atoms with Crippen LogP contribution in [-0.4, -0.2) is 73.5 Å². The third-order valence-electron chi connectivity index (χ3n) is 8.44. The van der Waals surface area contributed by atoms with Gasteiger partial charge in [0.15, 0.2) is 0 Å². The molecule has 4 aliphatic heterocycles. The standard InChI is InChI=1S/C30H38N2O5S/c1-28(2,3)31-17-12-16-30-22(23-27(36)37-18-11-6-5-10-15-29(23,4)38-30)25(34)32(24(30)26(31)35)21(19-33)20-13-8-7-9-14-20/h7-10,12-16,21-24,33H,5-6,11,17-19H2,1-4H3/b15-10-/t21-,22+,23+,24?,29-,30+/m1/s1. The summed E-state index contributed by atoms with van der Waals surface area (Å²) >= 11 is 1.54. The van der Waals surface area contributed by atoms with Gasteiger partial charge in [0.1, 0.15) is 6.04 Å². The van der Waals surface area contributed by atoms with Crippen LogP contribution in [0.1, 0.15) is 58.6 Å². The van der Waals surface area contributed by atoms with E-state index in [2.05, 4.69) is 12.2 Å². The molecule has 6 atom stereocenters. The van der Waals surface area contributed by atoms with Gasteiger partial charge in [0, 0.05) is 16.8 Å². The normalized spacial score (nSPS) is 35.2. The van der Waals surface area contributed by atoms with E-state index >= 15 is 0 Å². The maximum Gasteiger partial charge on any atom is 0.311 e. The monoisotopic (exact) mass is 538 g/mol. The average Bonchev–Trinajstić information content (AvgIpc) is 3.19. The number of thioether (sulfide) groups is 1. The number of likely N-dealkylation sites (tertiary alicyclic amines) is 1. The van der Waals surface area contributed by atoms with Crippen molar-refractivity contribution >= 4 is 29.5 Å². The Balaban J connectivity index is 1.71. The smallest absolute Gasteiger partial charge is 0.311 e. The van der Waals surface area contributed by atoms with Crippen LogP contribution in [0.25, 0.3) is 0 Å². The summed E-state index contributed by atoms with van der Waals surface area (Å²) in [4.78, 5) is 46.2. The summed E-state index contributed by atoms with van der Waals surface area (Å²) < 4.78 is 4.05. The van der Waals surface area contributed by atoms with Crippen molar-refractivity contribution in [3.63, 3.8) is 0 Å². The van der Waals surface area contributed by atoms with E-state index in [0.29, 0.717) is 13.2 Å². The molecule has 2 amide bonds. The van der Waals surface area contributed by atoms with Crippen LogP contribution in [0.2, 0.25) is 0 Å². The molecule has 1 spiro atoms. The molecule has 0 saturated carbocycles. The molecule has 2 fully saturated rings. The Morgan fingerprint density at radius 1 is 1.05 bits per heavy atom. The molecule has 38 heavy (non-hydrogen) atoms. The third kappa shape index (κ3) is 4.20. The summed E-state index contributed by atoms with van der Waals surface area (Å²) in [5.41, 5.74) is 0.271. The van der Waals surface area contributed by atoms with Crippen molar-refractivity contribution in [3.05, 3.63) is 60.2 Å². The van der Waals surface area contributed by atoms with Crippen molar-refractivity contribution in [1.29, 1.82) is 0 Å². The molecule has 0 radical (unpaired) electrons. The first kappa shape index (κ1) is 27.0. The van der Waals surface area contributed by atoms with Gasteiger partial charge in [0.2, 0.25) is 11.8 Å². The van der Waals surface area contributed by atoms with Gasteiger partial charge in [0.25, 0.3) is 0 Å². The second-order valence-electron chi connectivity index (χ2n) is 11.9. The Labute approximate surface area is 229 Å². The van der Waals surface area contributed by atoms with Gasteiger partial charge in [-0.3, -0.25) is 14.4 Å². The van der Waals surface area contributed by atoms with E-state index in [0.717, 1.165) is 24.8 Å². The number of hydrogen-bond donors (Lipinski definition) is 1. The number of ether oxygens (including phenoxy) is 1. The zero-order chi connectivity index (χ0) is 27.3. The first-order valence-electron chi connectivity index (χ1n) is 13.6. The highest BCUT2D eigenvalue weighted by atomic mass is 32.2. The number of hydrogen-bond acceptors (Lipinski definition) is 6. The highest BCUT2D eigenvalue weighted by Gasteiger charge is 2.74.